The van der Waals surface area contributed by atoms with Crippen LogP contribution < -0.4 is 15.8 Å². The molecule has 1 aliphatic heterocycles. The topological polar surface area (TPSA) is 114 Å². The van der Waals surface area contributed by atoms with Crippen LogP contribution in [0.15, 0.2) is 54.9 Å². The van der Waals surface area contributed by atoms with Crippen LogP contribution in [0.1, 0.15) is 27.0 Å². The zero-order valence-corrected chi connectivity index (χ0v) is 22.9. The van der Waals surface area contributed by atoms with E-state index in [4.69, 9.17) is 15.5 Å². The van der Waals surface area contributed by atoms with Crippen LogP contribution >= 0.6 is 0 Å². The van der Waals surface area contributed by atoms with Crippen LogP contribution in [-0.4, -0.2) is 82.3 Å². The fourth-order valence-electron chi connectivity index (χ4n) is 5.29. The predicted octanol–water partition coefficient (Wildman–Crippen LogP) is 3.06. The molecular weight excluding hydrogens is 504 g/mol. The number of rotatable bonds is 7. The van der Waals surface area contributed by atoms with E-state index in [2.05, 4.69) is 50.4 Å². The largest absolute Gasteiger partial charge is 0.497 e. The highest BCUT2D eigenvalue weighted by Gasteiger charge is 2.22. The second kappa shape index (κ2) is 11.1. The Morgan fingerprint density at radius 2 is 1.82 bits per heavy atom. The van der Waals surface area contributed by atoms with Crippen molar-refractivity contribution < 1.29 is 9.53 Å². The number of aromatic nitrogens is 4. The Balaban J connectivity index is 1.14. The fraction of sp³-hybridized carbons (Fsp3) is 0.333. The number of ether oxygens (including phenoxy) is 1. The van der Waals surface area contributed by atoms with E-state index in [0.29, 0.717) is 11.6 Å². The zero-order valence-electron chi connectivity index (χ0n) is 22.9. The standard InChI is InChI=1S/C30H34N8O2/c1-36-13-15-37(16-14-36)12-11-20-3-8-23(9-4-20)33-29(39)26-19-38(35-28(26)31)30-32-18-22-6-5-21-7-10-24(40-2)17-25(21)27(22)34-30/h3-4,7-10,17-19H,5-6,11-16H2,1-2H3,(H2,31,35)(H,33,39). The summed E-state index contributed by atoms with van der Waals surface area (Å²) in [6.07, 6.45) is 6.16. The lowest BCUT2D eigenvalue weighted by Gasteiger charge is -2.32. The molecule has 40 heavy (non-hydrogen) atoms. The Morgan fingerprint density at radius 3 is 2.60 bits per heavy atom. The number of methoxy groups -OCH3 is 1. The van der Waals surface area contributed by atoms with Crippen molar-refractivity contribution in [3.8, 4) is 23.0 Å². The van der Waals surface area contributed by atoms with Crippen molar-refractivity contribution in [1.29, 1.82) is 0 Å². The van der Waals surface area contributed by atoms with E-state index in [-0.39, 0.29) is 17.3 Å². The van der Waals surface area contributed by atoms with Crippen molar-refractivity contribution in [1.82, 2.24) is 29.5 Å². The number of hydrogen-bond donors (Lipinski definition) is 2. The van der Waals surface area contributed by atoms with E-state index < -0.39 is 0 Å². The number of nitrogens with two attached hydrogens (primary N) is 1. The lowest BCUT2D eigenvalue weighted by atomic mass is 9.90. The Morgan fingerprint density at radius 1 is 1.05 bits per heavy atom. The number of nitrogen functional groups attached to an aromatic ring is 1. The van der Waals surface area contributed by atoms with Gasteiger partial charge in [-0.2, -0.15) is 0 Å². The average Bonchev–Trinajstić information content (AvgIpc) is 3.38. The minimum atomic E-state index is -0.332. The molecule has 206 valence electrons. The molecule has 1 amide bonds. The highest BCUT2D eigenvalue weighted by Crippen LogP contribution is 2.34. The number of benzene rings is 2. The summed E-state index contributed by atoms with van der Waals surface area (Å²) in [6.45, 7) is 5.49. The lowest BCUT2D eigenvalue weighted by molar-refractivity contribution is 0.102. The summed E-state index contributed by atoms with van der Waals surface area (Å²) in [5.74, 6) is 0.911. The summed E-state index contributed by atoms with van der Waals surface area (Å²) in [5.41, 5.74) is 12.5. The Labute approximate surface area is 233 Å². The first-order chi connectivity index (χ1) is 19.5. The van der Waals surface area contributed by atoms with E-state index in [1.54, 1.807) is 13.3 Å². The second-order valence-electron chi connectivity index (χ2n) is 10.5. The van der Waals surface area contributed by atoms with Crippen LogP contribution in [0.2, 0.25) is 0 Å². The van der Waals surface area contributed by atoms with Gasteiger partial charge in [0.1, 0.15) is 11.3 Å². The first-order valence-corrected chi connectivity index (χ1v) is 13.7. The fourth-order valence-corrected chi connectivity index (χ4v) is 5.29. The third-order valence-electron chi connectivity index (χ3n) is 7.80. The van der Waals surface area contributed by atoms with Gasteiger partial charge in [-0.05, 0) is 67.3 Å². The van der Waals surface area contributed by atoms with E-state index in [9.17, 15) is 4.79 Å². The number of likely N-dealkylation sites (N-methyl/N-ethyl adjacent to an activating group) is 1. The molecule has 0 unspecified atom stereocenters. The monoisotopic (exact) mass is 538 g/mol. The molecular formula is C30H34N8O2. The minimum Gasteiger partial charge on any atom is -0.497 e. The average molecular weight is 539 g/mol. The van der Waals surface area contributed by atoms with Gasteiger partial charge in [0.15, 0.2) is 5.82 Å². The first-order valence-electron chi connectivity index (χ1n) is 13.7. The third-order valence-corrected chi connectivity index (χ3v) is 7.80. The molecule has 10 heteroatoms. The van der Waals surface area contributed by atoms with E-state index in [1.165, 1.54) is 15.8 Å². The van der Waals surface area contributed by atoms with Gasteiger partial charge in [-0.3, -0.25) is 4.79 Å². The van der Waals surface area contributed by atoms with Crippen LogP contribution in [0.25, 0.3) is 17.2 Å². The van der Waals surface area contributed by atoms with Gasteiger partial charge < -0.3 is 25.6 Å². The van der Waals surface area contributed by atoms with Crippen LogP contribution in [-0.2, 0) is 19.3 Å². The Bertz CT molecular complexity index is 1520. The van der Waals surface area contributed by atoms with E-state index in [0.717, 1.165) is 74.6 Å². The minimum absolute atomic E-state index is 0.115. The SMILES string of the molecule is COc1ccc2c(c1)-c1nc(-n3cc(C(=O)Nc4ccc(CCN5CCN(C)CC5)cc4)c(N)n3)ncc1CC2. The number of amides is 1. The molecule has 3 N–H and O–H groups in total. The van der Waals surface area contributed by atoms with Gasteiger partial charge >= 0.3 is 0 Å². The maximum Gasteiger partial charge on any atom is 0.261 e. The molecule has 0 bridgehead atoms. The van der Waals surface area contributed by atoms with Crippen LogP contribution in [0.5, 0.6) is 5.75 Å². The number of nitrogens with zero attached hydrogens (tertiary/aromatic N) is 6. The molecule has 3 heterocycles. The van der Waals surface area contributed by atoms with Crippen molar-refractivity contribution in [2.24, 2.45) is 0 Å². The molecule has 0 radical (unpaired) electrons. The molecule has 6 rings (SSSR count). The van der Waals surface area contributed by atoms with Crippen LogP contribution in [0, 0.1) is 0 Å². The lowest BCUT2D eigenvalue weighted by Crippen LogP contribution is -2.45. The van der Waals surface area contributed by atoms with Gasteiger partial charge in [-0.25, -0.2) is 14.6 Å². The van der Waals surface area contributed by atoms with Crippen molar-refractivity contribution in [2.75, 3.05) is 57.9 Å². The van der Waals surface area contributed by atoms with Crippen molar-refractivity contribution in [2.45, 2.75) is 19.3 Å². The van der Waals surface area contributed by atoms with Gasteiger partial charge in [0.05, 0.1) is 12.8 Å². The van der Waals surface area contributed by atoms with Gasteiger partial charge in [-0.1, -0.05) is 18.2 Å². The number of nitrogens with one attached hydrogen (secondary N) is 1. The zero-order chi connectivity index (χ0) is 27.6. The number of hydrogen-bond acceptors (Lipinski definition) is 8. The highest BCUT2D eigenvalue weighted by molar-refractivity contribution is 6.07. The number of carbonyl (C=O) groups is 1. The van der Waals surface area contributed by atoms with Gasteiger partial charge in [0.2, 0.25) is 0 Å². The molecule has 1 aliphatic carbocycles. The molecule has 0 spiro atoms. The molecule has 2 aliphatic rings. The molecule has 1 fully saturated rings. The van der Waals surface area contributed by atoms with Crippen molar-refractivity contribution in [3.63, 3.8) is 0 Å². The molecule has 1 saturated heterocycles. The number of anilines is 2. The van der Waals surface area contributed by atoms with E-state index in [1.807, 2.05) is 30.5 Å². The van der Waals surface area contributed by atoms with E-state index >= 15 is 0 Å². The second-order valence-corrected chi connectivity index (χ2v) is 10.5. The summed E-state index contributed by atoms with van der Waals surface area (Å²) in [7, 11) is 3.82. The summed E-state index contributed by atoms with van der Waals surface area (Å²) in [5, 5.41) is 7.28. The normalized spacial score (nSPS) is 15.3. The summed E-state index contributed by atoms with van der Waals surface area (Å²) >= 11 is 0. The number of aryl methyl sites for hydroxylation is 2. The van der Waals surface area contributed by atoms with Gasteiger partial charge in [0, 0.05) is 56.4 Å². The molecule has 0 saturated carbocycles. The molecule has 4 aromatic rings. The summed E-state index contributed by atoms with van der Waals surface area (Å²) in [4.78, 5) is 27.2. The molecule has 2 aromatic carbocycles. The molecule has 10 nitrogen and oxygen atoms in total. The predicted molar refractivity (Wildman–Crippen MR) is 155 cm³/mol. The summed E-state index contributed by atoms with van der Waals surface area (Å²) in [6, 6.07) is 14.0. The number of fused-ring (bicyclic) bond motifs is 3. The van der Waals surface area contributed by atoms with Crippen molar-refractivity contribution >= 4 is 17.4 Å². The maximum absolute atomic E-state index is 13.1. The highest BCUT2D eigenvalue weighted by atomic mass is 16.5. The van der Waals surface area contributed by atoms with Gasteiger partial charge in [0.25, 0.3) is 11.9 Å². The van der Waals surface area contributed by atoms with Crippen LogP contribution in [0.3, 0.4) is 0 Å². The number of piperazine rings is 1. The maximum atomic E-state index is 13.1. The molecule has 0 atom stereocenters. The third kappa shape index (κ3) is 5.41. The quantitative estimate of drug-likeness (QED) is 0.369. The smallest absolute Gasteiger partial charge is 0.261 e. The summed E-state index contributed by atoms with van der Waals surface area (Å²) < 4.78 is 6.88. The Hall–Kier alpha value is -4.28. The van der Waals surface area contributed by atoms with Crippen molar-refractivity contribution in [3.05, 3.63) is 77.1 Å². The molecule has 2 aromatic heterocycles. The van der Waals surface area contributed by atoms with Crippen LogP contribution in [0.4, 0.5) is 11.5 Å². The van der Waals surface area contributed by atoms with Gasteiger partial charge in [-0.15, -0.1) is 5.10 Å². The Kier molecular flexibility index (Phi) is 7.19. The number of carbonyl (C=O) groups excluding carboxylic acids is 1. The first kappa shape index (κ1) is 26.0.